The molecule has 3 amide bonds. The Morgan fingerprint density at radius 2 is 1.43 bits per heavy atom. The van der Waals surface area contributed by atoms with Gasteiger partial charge in [-0.1, -0.05) is 31.0 Å². The Labute approximate surface area is 179 Å². The molecule has 0 spiro atoms. The predicted octanol–water partition coefficient (Wildman–Crippen LogP) is 1.74. The van der Waals surface area contributed by atoms with Crippen molar-refractivity contribution in [2.75, 3.05) is 45.8 Å². The molecule has 7 nitrogen and oxygen atoms in total. The van der Waals surface area contributed by atoms with Crippen molar-refractivity contribution >= 4 is 17.7 Å². The third kappa shape index (κ3) is 6.55. The molecule has 0 aromatic heterocycles. The lowest BCUT2D eigenvalue weighted by Gasteiger charge is -2.35. The quantitative estimate of drug-likeness (QED) is 0.770. The Kier molecular flexibility index (Phi) is 8.25. The normalized spacial score (nSPS) is 19.1. The molecule has 30 heavy (non-hydrogen) atoms. The maximum Gasteiger partial charge on any atom is 0.251 e. The van der Waals surface area contributed by atoms with Crippen LogP contribution in [0.25, 0.3) is 0 Å². The van der Waals surface area contributed by atoms with Gasteiger partial charge >= 0.3 is 0 Å². The number of hydrogen-bond acceptors (Lipinski definition) is 4. The molecule has 0 radical (unpaired) electrons. The van der Waals surface area contributed by atoms with Gasteiger partial charge in [0.05, 0.1) is 6.54 Å². The summed E-state index contributed by atoms with van der Waals surface area (Å²) in [6.45, 7) is 6.76. The van der Waals surface area contributed by atoms with E-state index in [1.165, 1.54) is 12.8 Å². The first kappa shape index (κ1) is 22.3. The van der Waals surface area contributed by atoms with E-state index in [2.05, 4.69) is 10.2 Å². The Morgan fingerprint density at radius 3 is 2.07 bits per heavy atom. The number of amides is 3. The van der Waals surface area contributed by atoms with Crippen LogP contribution in [0.2, 0.25) is 0 Å². The molecule has 3 rings (SSSR count). The highest BCUT2D eigenvalue weighted by atomic mass is 16.2. The van der Waals surface area contributed by atoms with E-state index in [0.29, 0.717) is 25.2 Å². The summed E-state index contributed by atoms with van der Waals surface area (Å²) in [5, 5.41) is 2.90. The second kappa shape index (κ2) is 11.1. The van der Waals surface area contributed by atoms with E-state index in [1.54, 1.807) is 12.1 Å². The molecule has 0 bridgehead atoms. The Balaban J connectivity index is 1.38. The van der Waals surface area contributed by atoms with E-state index in [9.17, 15) is 14.4 Å². The highest BCUT2D eigenvalue weighted by Crippen LogP contribution is 2.11. The van der Waals surface area contributed by atoms with Gasteiger partial charge in [0.1, 0.15) is 0 Å². The van der Waals surface area contributed by atoms with Crippen LogP contribution in [0.4, 0.5) is 0 Å². The average Bonchev–Trinajstić information content (AvgIpc) is 3.04. The largest absolute Gasteiger partial charge is 0.349 e. The van der Waals surface area contributed by atoms with Crippen LogP contribution in [-0.2, 0) is 9.59 Å². The van der Waals surface area contributed by atoms with Gasteiger partial charge in [0, 0.05) is 57.3 Å². The van der Waals surface area contributed by atoms with Crippen molar-refractivity contribution in [1.82, 2.24) is 20.0 Å². The Morgan fingerprint density at radius 1 is 0.833 bits per heavy atom. The first-order valence-corrected chi connectivity index (χ1v) is 11.2. The predicted molar refractivity (Wildman–Crippen MR) is 116 cm³/mol. The molecule has 2 saturated heterocycles. The molecular weight excluding hydrogens is 380 g/mol. The molecule has 1 aromatic rings. The van der Waals surface area contributed by atoms with Crippen LogP contribution < -0.4 is 5.32 Å². The van der Waals surface area contributed by atoms with Crippen LogP contribution in [0.1, 0.15) is 49.4 Å². The zero-order valence-electron chi connectivity index (χ0n) is 18.0. The molecule has 0 saturated carbocycles. The van der Waals surface area contributed by atoms with E-state index >= 15 is 0 Å². The first-order chi connectivity index (χ1) is 14.5. The van der Waals surface area contributed by atoms with Gasteiger partial charge in [0.25, 0.3) is 5.91 Å². The van der Waals surface area contributed by atoms with Gasteiger partial charge in [-0.25, -0.2) is 0 Å². The molecule has 2 fully saturated rings. The van der Waals surface area contributed by atoms with Crippen LogP contribution in [0.3, 0.4) is 0 Å². The number of carbonyl (C=O) groups is 3. The van der Waals surface area contributed by atoms with Gasteiger partial charge in [-0.2, -0.15) is 0 Å². The highest BCUT2D eigenvalue weighted by molar-refractivity contribution is 5.94. The van der Waals surface area contributed by atoms with Crippen LogP contribution in [0, 0.1) is 0 Å². The van der Waals surface area contributed by atoms with E-state index in [0.717, 1.165) is 39.0 Å². The average molecular weight is 415 g/mol. The molecular formula is C23H34N4O3. The number of nitrogens with zero attached hydrogens (tertiary/aromatic N) is 3. The summed E-state index contributed by atoms with van der Waals surface area (Å²) >= 11 is 0. The SMILES string of the molecule is CC(CC(=O)N1CCN(CC(=O)N2CCCCCC2)CC1)NC(=O)c1ccccc1. The molecule has 1 unspecified atom stereocenters. The smallest absolute Gasteiger partial charge is 0.251 e. The summed E-state index contributed by atoms with van der Waals surface area (Å²) in [5.74, 6) is 0.107. The zero-order valence-corrected chi connectivity index (χ0v) is 18.0. The molecule has 2 aliphatic rings. The topological polar surface area (TPSA) is 73.0 Å². The summed E-state index contributed by atoms with van der Waals surface area (Å²) in [7, 11) is 0. The summed E-state index contributed by atoms with van der Waals surface area (Å²) in [6, 6.07) is 8.80. The fourth-order valence-electron chi connectivity index (χ4n) is 4.11. The summed E-state index contributed by atoms with van der Waals surface area (Å²) in [4.78, 5) is 43.4. The van der Waals surface area contributed by atoms with Crippen molar-refractivity contribution in [1.29, 1.82) is 0 Å². The minimum Gasteiger partial charge on any atom is -0.349 e. The number of carbonyl (C=O) groups excluding carboxylic acids is 3. The van der Waals surface area contributed by atoms with Crippen molar-refractivity contribution in [2.45, 2.75) is 45.1 Å². The van der Waals surface area contributed by atoms with Crippen LogP contribution in [0.5, 0.6) is 0 Å². The Bertz CT molecular complexity index is 708. The molecule has 1 N–H and O–H groups in total. The fourth-order valence-corrected chi connectivity index (χ4v) is 4.11. The highest BCUT2D eigenvalue weighted by Gasteiger charge is 2.25. The summed E-state index contributed by atoms with van der Waals surface area (Å²) in [6.07, 6.45) is 4.93. The van der Waals surface area contributed by atoms with E-state index in [-0.39, 0.29) is 30.2 Å². The van der Waals surface area contributed by atoms with Gasteiger partial charge in [0.2, 0.25) is 11.8 Å². The maximum absolute atomic E-state index is 12.6. The van der Waals surface area contributed by atoms with Crippen LogP contribution >= 0.6 is 0 Å². The second-order valence-corrected chi connectivity index (χ2v) is 8.40. The van der Waals surface area contributed by atoms with Crippen LogP contribution in [0.15, 0.2) is 30.3 Å². The molecule has 2 aliphatic heterocycles. The van der Waals surface area contributed by atoms with Crippen molar-refractivity contribution in [3.63, 3.8) is 0 Å². The second-order valence-electron chi connectivity index (χ2n) is 8.40. The number of piperazine rings is 1. The lowest BCUT2D eigenvalue weighted by Crippen LogP contribution is -2.52. The standard InChI is InChI=1S/C23H34N4O3/c1-19(24-23(30)20-9-5-4-6-10-20)17-21(28)27-15-13-25(14-16-27)18-22(29)26-11-7-2-3-8-12-26/h4-6,9-10,19H,2-3,7-8,11-18H2,1H3,(H,24,30). The van der Waals surface area contributed by atoms with Crippen molar-refractivity contribution in [3.05, 3.63) is 35.9 Å². The number of benzene rings is 1. The van der Waals surface area contributed by atoms with Gasteiger partial charge in [-0.15, -0.1) is 0 Å². The monoisotopic (exact) mass is 414 g/mol. The third-order valence-corrected chi connectivity index (χ3v) is 5.94. The molecule has 1 aromatic carbocycles. The number of likely N-dealkylation sites (tertiary alicyclic amines) is 1. The van der Waals surface area contributed by atoms with Gasteiger partial charge in [-0.3, -0.25) is 19.3 Å². The lowest BCUT2D eigenvalue weighted by molar-refractivity contribution is -0.135. The molecule has 164 valence electrons. The summed E-state index contributed by atoms with van der Waals surface area (Å²) in [5.41, 5.74) is 0.597. The lowest BCUT2D eigenvalue weighted by atomic mass is 10.1. The molecule has 1 atom stereocenters. The molecule has 0 aliphatic carbocycles. The maximum atomic E-state index is 12.6. The van der Waals surface area contributed by atoms with E-state index < -0.39 is 0 Å². The minimum atomic E-state index is -0.229. The van der Waals surface area contributed by atoms with Gasteiger partial charge < -0.3 is 15.1 Å². The molecule has 2 heterocycles. The molecule has 7 heteroatoms. The van der Waals surface area contributed by atoms with Gasteiger partial charge in [-0.05, 0) is 31.9 Å². The van der Waals surface area contributed by atoms with E-state index in [1.807, 2.05) is 34.9 Å². The van der Waals surface area contributed by atoms with Gasteiger partial charge in [0.15, 0.2) is 0 Å². The number of rotatable bonds is 6. The summed E-state index contributed by atoms with van der Waals surface area (Å²) < 4.78 is 0. The number of nitrogens with one attached hydrogen (secondary N) is 1. The van der Waals surface area contributed by atoms with E-state index in [4.69, 9.17) is 0 Å². The minimum absolute atomic E-state index is 0.0503. The number of hydrogen-bond donors (Lipinski definition) is 1. The van der Waals surface area contributed by atoms with Crippen LogP contribution in [-0.4, -0.2) is 84.3 Å². The van der Waals surface area contributed by atoms with Crippen molar-refractivity contribution in [2.24, 2.45) is 0 Å². The van der Waals surface area contributed by atoms with Crippen molar-refractivity contribution in [3.8, 4) is 0 Å². The first-order valence-electron chi connectivity index (χ1n) is 11.2. The zero-order chi connectivity index (χ0) is 21.3. The van der Waals surface area contributed by atoms with Crippen molar-refractivity contribution < 1.29 is 14.4 Å². The fraction of sp³-hybridized carbons (Fsp3) is 0.609. The Hall–Kier alpha value is -2.41. The third-order valence-electron chi connectivity index (χ3n) is 5.94.